The van der Waals surface area contributed by atoms with Crippen LogP contribution in [0.5, 0.6) is 11.5 Å². The van der Waals surface area contributed by atoms with Crippen molar-refractivity contribution in [1.29, 1.82) is 0 Å². The Balaban J connectivity index is 1.64. The van der Waals surface area contributed by atoms with Crippen LogP contribution in [-0.4, -0.2) is 58.7 Å². The molecule has 0 radical (unpaired) electrons. The summed E-state index contributed by atoms with van der Waals surface area (Å²) in [5, 5.41) is 2.77. The maximum Gasteiger partial charge on any atom is 0.244 e. The molecule has 1 amide bonds. The minimum atomic E-state index is -3.66. The zero-order valence-corrected chi connectivity index (χ0v) is 20.6. The average Bonchev–Trinajstić information content (AvgIpc) is 2.85. The highest BCUT2D eigenvalue weighted by Crippen LogP contribution is 2.29. The fourth-order valence-electron chi connectivity index (χ4n) is 3.40. The fourth-order valence-corrected chi connectivity index (χ4v) is 5.03. The summed E-state index contributed by atoms with van der Waals surface area (Å²) < 4.78 is 43.9. The van der Waals surface area contributed by atoms with Crippen molar-refractivity contribution < 1.29 is 27.4 Å². The van der Waals surface area contributed by atoms with Gasteiger partial charge >= 0.3 is 0 Å². The summed E-state index contributed by atoms with van der Waals surface area (Å²) in [6, 6.07) is 12.2. The van der Waals surface area contributed by atoms with Crippen molar-refractivity contribution in [2.75, 3.05) is 40.0 Å². The van der Waals surface area contributed by atoms with Crippen molar-refractivity contribution in [1.82, 2.24) is 9.62 Å². The molecule has 0 saturated carbocycles. The molecule has 1 heterocycles. The van der Waals surface area contributed by atoms with Crippen LogP contribution in [0, 0.1) is 5.92 Å². The van der Waals surface area contributed by atoms with Gasteiger partial charge in [0.1, 0.15) is 0 Å². The molecule has 1 fully saturated rings. The second-order valence-electron chi connectivity index (χ2n) is 8.29. The zero-order valence-electron chi connectivity index (χ0n) is 19.8. The van der Waals surface area contributed by atoms with Crippen molar-refractivity contribution in [3.63, 3.8) is 0 Å². The fraction of sp³-hybridized carbons (Fsp3) is 0.400. The molecule has 184 valence electrons. The van der Waals surface area contributed by atoms with Crippen LogP contribution in [0.2, 0.25) is 0 Å². The molecule has 2 aromatic carbocycles. The lowest BCUT2D eigenvalue weighted by molar-refractivity contribution is -0.116. The SMILES string of the molecule is COc1cc(/C=C/C(=O)NCc2ccccc2S(=O)(=O)N2CCOCC2)ccc1OCC(C)C. The van der Waals surface area contributed by atoms with Crippen molar-refractivity contribution in [2.45, 2.75) is 25.3 Å². The van der Waals surface area contributed by atoms with E-state index in [2.05, 4.69) is 19.2 Å². The summed E-state index contributed by atoms with van der Waals surface area (Å²) in [5.41, 5.74) is 1.31. The molecule has 0 aliphatic carbocycles. The third-order valence-electron chi connectivity index (χ3n) is 5.20. The molecule has 0 unspecified atom stereocenters. The van der Waals surface area contributed by atoms with Crippen molar-refractivity contribution in [3.8, 4) is 11.5 Å². The topological polar surface area (TPSA) is 94.2 Å². The van der Waals surface area contributed by atoms with Crippen LogP contribution in [0.25, 0.3) is 6.08 Å². The van der Waals surface area contributed by atoms with E-state index in [-0.39, 0.29) is 17.3 Å². The number of ether oxygens (including phenoxy) is 3. The summed E-state index contributed by atoms with van der Waals surface area (Å²) in [6.45, 7) is 6.19. The summed E-state index contributed by atoms with van der Waals surface area (Å²) in [7, 11) is -2.09. The van der Waals surface area contributed by atoms with Gasteiger partial charge in [-0.05, 0) is 41.3 Å². The summed E-state index contributed by atoms with van der Waals surface area (Å²) in [4.78, 5) is 12.6. The van der Waals surface area contributed by atoms with E-state index < -0.39 is 10.0 Å². The van der Waals surface area contributed by atoms with Crippen LogP contribution in [-0.2, 0) is 26.1 Å². The molecular weight excluding hydrogens is 456 g/mol. The van der Waals surface area contributed by atoms with E-state index in [0.29, 0.717) is 55.9 Å². The van der Waals surface area contributed by atoms with Crippen LogP contribution in [0.4, 0.5) is 0 Å². The molecule has 0 bridgehead atoms. The van der Waals surface area contributed by atoms with E-state index in [1.165, 1.54) is 10.4 Å². The number of sulfonamides is 1. The maximum atomic E-state index is 13.1. The highest BCUT2D eigenvalue weighted by atomic mass is 32.2. The first-order valence-corrected chi connectivity index (χ1v) is 12.7. The number of rotatable bonds is 10. The number of carbonyl (C=O) groups is 1. The Kier molecular flexibility index (Phi) is 9.09. The molecule has 1 aliphatic heterocycles. The normalized spacial score (nSPS) is 14.9. The van der Waals surface area contributed by atoms with Gasteiger partial charge in [-0.2, -0.15) is 4.31 Å². The number of hydrogen-bond donors (Lipinski definition) is 1. The number of morpholine rings is 1. The molecule has 1 aliphatic rings. The first kappa shape index (κ1) is 25.7. The van der Waals surface area contributed by atoms with Gasteiger partial charge < -0.3 is 19.5 Å². The Morgan fingerprint density at radius 2 is 1.88 bits per heavy atom. The molecule has 1 N–H and O–H groups in total. The highest BCUT2D eigenvalue weighted by Gasteiger charge is 2.28. The predicted octanol–water partition coefficient (Wildman–Crippen LogP) is 3.08. The van der Waals surface area contributed by atoms with Gasteiger partial charge in [0.15, 0.2) is 11.5 Å². The van der Waals surface area contributed by atoms with E-state index >= 15 is 0 Å². The van der Waals surface area contributed by atoms with Gasteiger partial charge in [0.2, 0.25) is 15.9 Å². The Hall–Kier alpha value is -2.88. The van der Waals surface area contributed by atoms with Gasteiger partial charge in [-0.1, -0.05) is 38.1 Å². The number of benzene rings is 2. The van der Waals surface area contributed by atoms with Gasteiger partial charge in [-0.25, -0.2) is 8.42 Å². The van der Waals surface area contributed by atoms with Crippen molar-refractivity contribution in [2.24, 2.45) is 5.92 Å². The molecule has 9 heteroatoms. The molecule has 1 saturated heterocycles. The Morgan fingerprint density at radius 1 is 1.15 bits per heavy atom. The van der Waals surface area contributed by atoms with Crippen molar-refractivity contribution >= 4 is 22.0 Å². The summed E-state index contributed by atoms with van der Waals surface area (Å²) >= 11 is 0. The summed E-state index contributed by atoms with van der Waals surface area (Å²) in [6.07, 6.45) is 3.07. The van der Waals surface area contributed by atoms with Crippen LogP contribution in [0.1, 0.15) is 25.0 Å². The Morgan fingerprint density at radius 3 is 2.59 bits per heavy atom. The number of hydrogen-bond acceptors (Lipinski definition) is 6. The smallest absolute Gasteiger partial charge is 0.244 e. The van der Waals surface area contributed by atoms with E-state index in [0.717, 1.165) is 5.56 Å². The van der Waals surface area contributed by atoms with Gasteiger partial charge in [0, 0.05) is 25.7 Å². The van der Waals surface area contributed by atoms with E-state index in [4.69, 9.17) is 14.2 Å². The van der Waals surface area contributed by atoms with Gasteiger partial charge in [-0.3, -0.25) is 4.79 Å². The lowest BCUT2D eigenvalue weighted by Crippen LogP contribution is -2.41. The number of carbonyl (C=O) groups excluding carboxylic acids is 1. The standard InChI is InChI=1S/C25H32N2O6S/c1-19(2)18-33-22-10-8-20(16-23(22)31-3)9-11-25(28)26-17-21-6-4-5-7-24(21)34(29,30)27-12-14-32-15-13-27/h4-11,16,19H,12-15,17-18H2,1-3H3,(H,26,28)/b11-9+. The maximum absolute atomic E-state index is 13.1. The molecule has 0 spiro atoms. The first-order valence-electron chi connectivity index (χ1n) is 11.2. The number of nitrogens with one attached hydrogen (secondary N) is 1. The Labute approximate surface area is 201 Å². The second kappa shape index (κ2) is 12.0. The number of methoxy groups -OCH3 is 1. The third kappa shape index (κ3) is 6.82. The molecule has 34 heavy (non-hydrogen) atoms. The van der Waals surface area contributed by atoms with Crippen molar-refractivity contribution in [3.05, 3.63) is 59.7 Å². The molecule has 8 nitrogen and oxygen atoms in total. The molecular formula is C25H32N2O6S. The van der Waals surface area contributed by atoms with Crippen LogP contribution in [0.15, 0.2) is 53.4 Å². The van der Waals surface area contributed by atoms with E-state index in [1.807, 2.05) is 12.1 Å². The van der Waals surface area contributed by atoms with Gasteiger partial charge in [0.05, 0.1) is 31.8 Å². The monoisotopic (exact) mass is 488 g/mol. The predicted molar refractivity (Wildman–Crippen MR) is 130 cm³/mol. The Bertz CT molecular complexity index is 1110. The summed E-state index contributed by atoms with van der Waals surface area (Å²) in [5.74, 6) is 1.29. The quantitative estimate of drug-likeness (QED) is 0.517. The van der Waals surface area contributed by atoms with Crippen LogP contribution < -0.4 is 14.8 Å². The van der Waals surface area contributed by atoms with Gasteiger partial charge in [-0.15, -0.1) is 0 Å². The van der Waals surface area contributed by atoms with E-state index in [9.17, 15) is 13.2 Å². The minimum Gasteiger partial charge on any atom is -0.493 e. The largest absolute Gasteiger partial charge is 0.493 e. The average molecular weight is 489 g/mol. The second-order valence-corrected chi connectivity index (χ2v) is 10.2. The number of nitrogens with zero attached hydrogens (tertiary/aromatic N) is 1. The molecule has 2 aromatic rings. The van der Waals surface area contributed by atoms with Crippen LogP contribution in [0.3, 0.4) is 0 Å². The van der Waals surface area contributed by atoms with Crippen LogP contribution >= 0.6 is 0 Å². The lowest BCUT2D eigenvalue weighted by Gasteiger charge is -2.27. The lowest BCUT2D eigenvalue weighted by atomic mass is 10.1. The third-order valence-corrected chi connectivity index (χ3v) is 7.20. The zero-order chi connectivity index (χ0) is 24.6. The number of amides is 1. The molecule has 0 atom stereocenters. The van der Waals surface area contributed by atoms with E-state index in [1.54, 1.807) is 43.5 Å². The highest BCUT2D eigenvalue weighted by molar-refractivity contribution is 7.89. The van der Waals surface area contributed by atoms with Gasteiger partial charge in [0.25, 0.3) is 0 Å². The first-order chi connectivity index (χ1) is 16.3. The minimum absolute atomic E-state index is 0.0915. The molecule has 0 aromatic heterocycles. The molecule has 3 rings (SSSR count).